The summed E-state index contributed by atoms with van der Waals surface area (Å²) in [5.74, 6) is -2.44. The molecular weight excluding hydrogens is 246 g/mol. The maximum Gasteiger partial charge on any atom is 0.559 e. The maximum atomic E-state index is 11.3. The highest BCUT2D eigenvalue weighted by atomic mass is 17.5. The number of unbranched alkanes of at least 4 members (excludes halogenated alkanes) is 1. The van der Waals surface area contributed by atoms with Crippen LogP contribution in [0.25, 0.3) is 0 Å². The first-order chi connectivity index (χ1) is 8.52. The molecule has 18 heavy (non-hydrogen) atoms. The molecule has 0 bridgehead atoms. The highest BCUT2D eigenvalue weighted by Gasteiger charge is 2.29. The number of hydrogen-bond acceptors (Lipinski definition) is 7. The molecule has 3 N–H and O–H groups in total. The van der Waals surface area contributed by atoms with Crippen LogP contribution in [-0.2, 0) is 19.1 Å². The van der Waals surface area contributed by atoms with Crippen molar-refractivity contribution in [3.8, 4) is 0 Å². The van der Waals surface area contributed by atoms with Crippen molar-refractivity contribution in [2.75, 3.05) is 13.1 Å². The predicted molar refractivity (Wildman–Crippen MR) is 57.9 cm³/mol. The lowest BCUT2D eigenvalue weighted by atomic mass is 10.0. The van der Waals surface area contributed by atoms with Gasteiger partial charge >= 0.3 is 11.9 Å². The molecule has 0 aromatic heterocycles. The molecule has 0 aliphatic carbocycles. The van der Waals surface area contributed by atoms with Gasteiger partial charge in [0, 0.05) is 17.9 Å². The molecular formula is C10H19NO7. The van der Waals surface area contributed by atoms with Crippen LogP contribution in [0.2, 0.25) is 0 Å². The van der Waals surface area contributed by atoms with E-state index < -0.39 is 17.9 Å². The van der Waals surface area contributed by atoms with Crippen molar-refractivity contribution >= 4 is 11.9 Å². The molecule has 1 unspecified atom stereocenters. The van der Waals surface area contributed by atoms with Gasteiger partial charge in [0.2, 0.25) is 0 Å². The van der Waals surface area contributed by atoms with Crippen molar-refractivity contribution in [1.82, 2.24) is 5.32 Å². The van der Waals surface area contributed by atoms with Gasteiger partial charge in [-0.25, -0.2) is 4.79 Å². The Bertz CT molecular complexity index is 257. The van der Waals surface area contributed by atoms with Crippen LogP contribution < -0.4 is 10.6 Å². The van der Waals surface area contributed by atoms with E-state index in [1.807, 2.05) is 6.92 Å². The molecule has 106 valence electrons. The van der Waals surface area contributed by atoms with Crippen LogP contribution >= 0.6 is 0 Å². The summed E-state index contributed by atoms with van der Waals surface area (Å²) in [4.78, 5) is 25.3. The Hall–Kier alpha value is -1.22. The zero-order valence-electron chi connectivity index (χ0n) is 10.3. The van der Waals surface area contributed by atoms with Crippen LogP contribution in [0.1, 0.15) is 32.6 Å². The summed E-state index contributed by atoms with van der Waals surface area (Å²) in [6.07, 6.45) is 2.00. The van der Waals surface area contributed by atoms with E-state index >= 15 is 0 Å². The molecule has 0 heterocycles. The zero-order chi connectivity index (χ0) is 14.0. The molecule has 8 heteroatoms. The summed E-state index contributed by atoms with van der Waals surface area (Å²) in [5.41, 5.74) is 0. The van der Waals surface area contributed by atoms with E-state index in [9.17, 15) is 14.8 Å². The van der Waals surface area contributed by atoms with Gasteiger partial charge in [-0.2, -0.15) is 10.5 Å². The Kier molecular flexibility index (Phi) is 9.11. The minimum Gasteiger partial charge on any atom is -0.548 e. The Balaban J connectivity index is 4.01. The first-order valence-electron chi connectivity index (χ1n) is 5.72. The van der Waals surface area contributed by atoms with Crippen molar-refractivity contribution in [2.45, 2.75) is 32.6 Å². The van der Waals surface area contributed by atoms with Crippen molar-refractivity contribution in [1.29, 1.82) is 0 Å². The number of carbonyl (C=O) groups excluding carboxylic acids is 2. The Labute approximate surface area is 105 Å². The molecule has 0 aromatic rings. The molecule has 0 saturated heterocycles. The average Bonchev–Trinajstić information content (AvgIpc) is 2.36. The SMILES string of the molecule is CCCCC(CNCCC(=O)OO)C(=O)[O+]([O-])O. The van der Waals surface area contributed by atoms with Crippen molar-refractivity contribution < 1.29 is 34.9 Å². The summed E-state index contributed by atoms with van der Waals surface area (Å²) < 4.78 is 0.112. The van der Waals surface area contributed by atoms with Gasteiger partial charge < -0.3 is 20.1 Å². The molecule has 0 rings (SSSR count). The van der Waals surface area contributed by atoms with Gasteiger partial charge in [0.25, 0.3) is 0 Å². The van der Waals surface area contributed by atoms with Crippen LogP contribution in [0.3, 0.4) is 0 Å². The molecule has 0 aliphatic rings. The zero-order valence-corrected chi connectivity index (χ0v) is 10.3. The molecule has 0 saturated carbocycles. The van der Waals surface area contributed by atoms with Crippen LogP contribution in [0, 0.1) is 5.92 Å². The third kappa shape index (κ3) is 7.17. The van der Waals surface area contributed by atoms with Gasteiger partial charge in [0.15, 0.2) is 0 Å². The van der Waals surface area contributed by atoms with Gasteiger partial charge in [0.05, 0.1) is 6.42 Å². The number of carbonyl (C=O) groups is 2. The van der Waals surface area contributed by atoms with Crippen LogP contribution in [0.5, 0.6) is 0 Å². The molecule has 0 aliphatic heterocycles. The van der Waals surface area contributed by atoms with E-state index in [4.69, 9.17) is 10.5 Å². The smallest absolute Gasteiger partial charge is 0.548 e. The van der Waals surface area contributed by atoms with E-state index in [1.54, 1.807) is 0 Å². The third-order valence-electron chi connectivity index (χ3n) is 2.41. The van der Waals surface area contributed by atoms with E-state index in [1.165, 1.54) is 0 Å². The summed E-state index contributed by atoms with van der Waals surface area (Å²) in [7, 11) is 0. The van der Waals surface area contributed by atoms with Crippen LogP contribution in [0.15, 0.2) is 0 Å². The molecule has 0 radical (unpaired) electrons. The third-order valence-corrected chi connectivity index (χ3v) is 2.41. The van der Waals surface area contributed by atoms with Gasteiger partial charge in [-0.1, -0.05) is 19.8 Å². The van der Waals surface area contributed by atoms with Crippen molar-refractivity contribution in [3.05, 3.63) is 0 Å². The summed E-state index contributed by atoms with van der Waals surface area (Å²) >= 11 is 0. The Morgan fingerprint density at radius 2 is 2.17 bits per heavy atom. The lowest BCUT2D eigenvalue weighted by Gasteiger charge is -2.19. The molecule has 8 nitrogen and oxygen atoms in total. The van der Waals surface area contributed by atoms with E-state index in [0.29, 0.717) is 6.42 Å². The van der Waals surface area contributed by atoms with Crippen LogP contribution in [-0.4, -0.2) is 35.5 Å². The lowest BCUT2D eigenvalue weighted by molar-refractivity contribution is -0.865. The number of rotatable bonds is 9. The highest BCUT2D eigenvalue weighted by Crippen LogP contribution is 2.10. The van der Waals surface area contributed by atoms with Crippen LogP contribution in [0.4, 0.5) is 0 Å². The largest absolute Gasteiger partial charge is 0.559 e. The Morgan fingerprint density at radius 3 is 2.67 bits per heavy atom. The normalized spacial score (nSPS) is 12.0. The van der Waals surface area contributed by atoms with E-state index in [2.05, 4.69) is 10.2 Å². The molecule has 0 amide bonds. The summed E-state index contributed by atoms with van der Waals surface area (Å²) in [5, 5.41) is 29.7. The van der Waals surface area contributed by atoms with E-state index in [-0.39, 0.29) is 24.2 Å². The van der Waals surface area contributed by atoms with Gasteiger partial charge in [-0.3, -0.25) is 0 Å². The molecule has 1 atom stereocenters. The van der Waals surface area contributed by atoms with Gasteiger partial charge in [0.1, 0.15) is 5.92 Å². The van der Waals surface area contributed by atoms with E-state index in [0.717, 1.165) is 12.8 Å². The van der Waals surface area contributed by atoms with Crippen molar-refractivity contribution in [2.24, 2.45) is 5.92 Å². The quantitative estimate of drug-likeness (QED) is 0.225. The molecule has 0 aromatic carbocycles. The summed E-state index contributed by atoms with van der Waals surface area (Å²) in [6, 6.07) is 0. The maximum absolute atomic E-state index is 11.3. The number of nitrogens with one attached hydrogen (secondary N) is 1. The highest BCUT2D eigenvalue weighted by molar-refractivity contribution is 5.72. The second-order valence-electron chi connectivity index (χ2n) is 3.82. The minimum absolute atomic E-state index is 0.0570. The summed E-state index contributed by atoms with van der Waals surface area (Å²) in [6.45, 7) is 2.29. The molecule has 0 spiro atoms. The van der Waals surface area contributed by atoms with Gasteiger partial charge in [-0.05, 0) is 6.42 Å². The fourth-order valence-electron chi connectivity index (χ4n) is 1.41. The second kappa shape index (κ2) is 9.77. The Morgan fingerprint density at radius 1 is 1.50 bits per heavy atom. The predicted octanol–water partition coefficient (Wildman–Crippen LogP) is -0.384. The second-order valence-corrected chi connectivity index (χ2v) is 3.82. The first-order valence-corrected chi connectivity index (χ1v) is 5.72. The number of hydrogen-bond donors (Lipinski definition) is 3. The van der Waals surface area contributed by atoms with Gasteiger partial charge in [-0.15, -0.1) is 0 Å². The minimum atomic E-state index is -0.985. The monoisotopic (exact) mass is 265 g/mol. The fourth-order valence-corrected chi connectivity index (χ4v) is 1.41. The molecule has 0 fully saturated rings. The first kappa shape index (κ1) is 16.8. The average molecular weight is 265 g/mol. The lowest BCUT2D eigenvalue weighted by Crippen LogP contribution is -2.39. The topological polar surface area (TPSA) is 122 Å². The fraction of sp³-hybridized carbons (Fsp3) is 0.800. The standard InChI is InChI=1S/C10H19NO7/c1-2-3-4-8(10(13)18(15)16)7-11-6-5-9(12)17-14/h8,11,14-15H,2-7H2,1H3. The van der Waals surface area contributed by atoms with Crippen molar-refractivity contribution in [3.63, 3.8) is 0 Å².